The molecule has 2 heteroatoms. The van der Waals surface area contributed by atoms with Gasteiger partial charge in [0.05, 0.1) is 0 Å². The average Bonchev–Trinajstić information content (AvgIpc) is 2.35. The first-order valence-electron chi connectivity index (χ1n) is 6.22. The van der Waals surface area contributed by atoms with Gasteiger partial charge in [0.25, 0.3) is 0 Å². The van der Waals surface area contributed by atoms with E-state index in [1.54, 1.807) is 6.07 Å². The molecule has 1 atom stereocenters. The minimum absolute atomic E-state index is 0.129. The van der Waals surface area contributed by atoms with Crippen molar-refractivity contribution < 1.29 is 4.39 Å². The summed E-state index contributed by atoms with van der Waals surface area (Å²) >= 11 is 0. The zero-order valence-electron chi connectivity index (χ0n) is 10.8. The van der Waals surface area contributed by atoms with E-state index in [4.69, 9.17) is 0 Å². The van der Waals surface area contributed by atoms with Crippen LogP contribution in [0.3, 0.4) is 0 Å². The number of benzene rings is 2. The Kier molecular flexibility index (Phi) is 3.98. The van der Waals surface area contributed by atoms with Crippen LogP contribution in [0.1, 0.15) is 18.1 Å². The molecule has 1 nitrogen and oxygen atoms in total. The van der Waals surface area contributed by atoms with E-state index in [2.05, 4.69) is 25.2 Å². The Hall–Kier alpha value is -1.83. The molecule has 0 radical (unpaired) electrons. The van der Waals surface area contributed by atoms with Crippen LogP contribution in [0, 0.1) is 12.7 Å². The van der Waals surface area contributed by atoms with Crippen LogP contribution in [0.25, 0.3) is 0 Å². The van der Waals surface area contributed by atoms with E-state index in [1.807, 2.05) is 30.3 Å². The molecule has 0 aromatic heterocycles. The minimum atomic E-state index is -0.129. The second kappa shape index (κ2) is 5.67. The van der Waals surface area contributed by atoms with E-state index in [0.717, 1.165) is 11.3 Å². The first-order valence-corrected chi connectivity index (χ1v) is 6.22. The lowest BCUT2D eigenvalue weighted by molar-refractivity contribution is 0.601. The number of aryl methyl sites for hydroxylation is 1. The van der Waals surface area contributed by atoms with Crippen LogP contribution < -0.4 is 5.32 Å². The van der Waals surface area contributed by atoms with E-state index in [-0.39, 0.29) is 11.9 Å². The molecule has 0 fully saturated rings. The van der Waals surface area contributed by atoms with Gasteiger partial charge in [0, 0.05) is 11.7 Å². The van der Waals surface area contributed by atoms with E-state index < -0.39 is 0 Å². The fourth-order valence-corrected chi connectivity index (χ4v) is 2.05. The summed E-state index contributed by atoms with van der Waals surface area (Å²) in [6.45, 7) is 4.14. The first kappa shape index (κ1) is 12.6. The molecule has 0 amide bonds. The van der Waals surface area contributed by atoms with Crippen molar-refractivity contribution in [2.45, 2.75) is 26.3 Å². The van der Waals surface area contributed by atoms with E-state index in [1.165, 1.54) is 11.6 Å². The van der Waals surface area contributed by atoms with Gasteiger partial charge >= 0.3 is 0 Å². The van der Waals surface area contributed by atoms with Crippen molar-refractivity contribution in [3.8, 4) is 0 Å². The fourth-order valence-electron chi connectivity index (χ4n) is 2.05. The standard InChI is InChI=1S/C16H18FN/c1-12-7-3-6-10-16(12)18-13(2)11-14-8-4-5-9-15(14)17/h3-10,13,18H,11H2,1-2H3. The van der Waals surface area contributed by atoms with Crippen LogP contribution in [0.15, 0.2) is 48.5 Å². The van der Waals surface area contributed by atoms with Crippen LogP contribution in [0.4, 0.5) is 10.1 Å². The molecule has 0 saturated heterocycles. The Bertz CT molecular complexity index is 475. The molecule has 2 aromatic carbocycles. The lowest BCUT2D eigenvalue weighted by Crippen LogP contribution is -2.19. The third kappa shape index (κ3) is 3.10. The van der Waals surface area contributed by atoms with E-state index >= 15 is 0 Å². The number of rotatable bonds is 4. The molecule has 18 heavy (non-hydrogen) atoms. The predicted octanol–water partition coefficient (Wildman–Crippen LogP) is 4.18. The quantitative estimate of drug-likeness (QED) is 0.849. The summed E-state index contributed by atoms with van der Waals surface area (Å²) in [7, 11) is 0. The van der Waals surface area contributed by atoms with E-state index in [9.17, 15) is 4.39 Å². The Morgan fingerprint density at radius 3 is 2.44 bits per heavy atom. The van der Waals surface area contributed by atoms with Crippen molar-refractivity contribution in [1.29, 1.82) is 0 Å². The normalized spacial score (nSPS) is 12.2. The number of para-hydroxylation sites is 1. The lowest BCUT2D eigenvalue weighted by atomic mass is 10.1. The Labute approximate surface area is 108 Å². The zero-order chi connectivity index (χ0) is 13.0. The van der Waals surface area contributed by atoms with Crippen LogP contribution in [0.5, 0.6) is 0 Å². The summed E-state index contributed by atoms with van der Waals surface area (Å²) in [5.41, 5.74) is 3.07. The fraction of sp³-hybridized carbons (Fsp3) is 0.250. The highest BCUT2D eigenvalue weighted by Gasteiger charge is 2.08. The molecular weight excluding hydrogens is 225 g/mol. The lowest BCUT2D eigenvalue weighted by Gasteiger charge is -2.17. The number of nitrogens with one attached hydrogen (secondary N) is 1. The minimum Gasteiger partial charge on any atom is -0.382 e. The Balaban J connectivity index is 2.04. The molecule has 0 aliphatic rings. The second-order valence-electron chi connectivity index (χ2n) is 4.66. The van der Waals surface area contributed by atoms with Crippen molar-refractivity contribution in [3.05, 3.63) is 65.5 Å². The summed E-state index contributed by atoms with van der Waals surface area (Å²) < 4.78 is 13.5. The maximum Gasteiger partial charge on any atom is 0.126 e. The van der Waals surface area contributed by atoms with Gasteiger partial charge in [-0.1, -0.05) is 36.4 Å². The SMILES string of the molecule is Cc1ccccc1NC(C)Cc1ccccc1F. The van der Waals surface area contributed by atoms with Gasteiger partial charge in [0.15, 0.2) is 0 Å². The monoisotopic (exact) mass is 243 g/mol. The highest BCUT2D eigenvalue weighted by molar-refractivity contribution is 5.51. The summed E-state index contributed by atoms with van der Waals surface area (Å²) in [4.78, 5) is 0. The molecule has 0 aliphatic heterocycles. The second-order valence-corrected chi connectivity index (χ2v) is 4.66. The van der Waals surface area contributed by atoms with Crippen molar-refractivity contribution in [3.63, 3.8) is 0 Å². The van der Waals surface area contributed by atoms with E-state index in [0.29, 0.717) is 6.42 Å². The zero-order valence-corrected chi connectivity index (χ0v) is 10.8. The van der Waals surface area contributed by atoms with Gasteiger partial charge in [-0.05, 0) is 43.5 Å². The molecule has 0 spiro atoms. The maximum absolute atomic E-state index is 13.5. The van der Waals surface area contributed by atoms with Crippen molar-refractivity contribution in [2.24, 2.45) is 0 Å². The first-order chi connectivity index (χ1) is 8.66. The molecule has 2 aromatic rings. The molecule has 0 heterocycles. The van der Waals surface area contributed by atoms with Gasteiger partial charge in [0.1, 0.15) is 5.82 Å². The number of halogens is 1. The molecular formula is C16H18FN. The summed E-state index contributed by atoms with van der Waals surface area (Å²) in [6, 6.07) is 15.3. The highest BCUT2D eigenvalue weighted by atomic mass is 19.1. The van der Waals surface area contributed by atoms with Gasteiger partial charge in [-0.3, -0.25) is 0 Å². The van der Waals surface area contributed by atoms with Gasteiger partial charge in [-0.15, -0.1) is 0 Å². The summed E-state index contributed by atoms with van der Waals surface area (Å²) in [5.74, 6) is -0.129. The largest absolute Gasteiger partial charge is 0.382 e. The van der Waals surface area contributed by atoms with Crippen molar-refractivity contribution in [1.82, 2.24) is 0 Å². The molecule has 1 N–H and O–H groups in total. The number of anilines is 1. The van der Waals surface area contributed by atoms with Crippen LogP contribution in [0.2, 0.25) is 0 Å². The topological polar surface area (TPSA) is 12.0 Å². The molecule has 2 rings (SSSR count). The van der Waals surface area contributed by atoms with Gasteiger partial charge in [-0.2, -0.15) is 0 Å². The van der Waals surface area contributed by atoms with Crippen LogP contribution in [-0.4, -0.2) is 6.04 Å². The molecule has 0 bridgehead atoms. The summed E-state index contributed by atoms with van der Waals surface area (Å²) in [5, 5.41) is 3.42. The molecule has 0 saturated carbocycles. The third-order valence-corrected chi connectivity index (χ3v) is 3.03. The Morgan fingerprint density at radius 2 is 1.72 bits per heavy atom. The van der Waals surface area contributed by atoms with Gasteiger partial charge in [-0.25, -0.2) is 4.39 Å². The van der Waals surface area contributed by atoms with Crippen LogP contribution >= 0.6 is 0 Å². The smallest absolute Gasteiger partial charge is 0.126 e. The average molecular weight is 243 g/mol. The van der Waals surface area contributed by atoms with Crippen LogP contribution in [-0.2, 0) is 6.42 Å². The van der Waals surface area contributed by atoms with Crippen molar-refractivity contribution >= 4 is 5.69 Å². The highest BCUT2D eigenvalue weighted by Crippen LogP contribution is 2.16. The number of hydrogen-bond acceptors (Lipinski definition) is 1. The Morgan fingerprint density at radius 1 is 1.06 bits per heavy atom. The number of hydrogen-bond donors (Lipinski definition) is 1. The predicted molar refractivity (Wildman–Crippen MR) is 74.4 cm³/mol. The molecule has 94 valence electrons. The van der Waals surface area contributed by atoms with Crippen molar-refractivity contribution in [2.75, 3.05) is 5.32 Å². The maximum atomic E-state index is 13.5. The molecule has 1 unspecified atom stereocenters. The molecule has 0 aliphatic carbocycles. The van der Waals surface area contributed by atoms with Gasteiger partial charge in [0.2, 0.25) is 0 Å². The van der Waals surface area contributed by atoms with Gasteiger partial charge < -0.3 is 5.32 Å². The third-order valence-electron chi connectivity index (χ3n) is 3.03. The summed E-state index contributed by atoms with van der Waals surface area (Å²) in [6.07, 6.45) is 0.682.